The molecule has 1 fully saturated rings. The standard InChI is InChI=1S/C5H9O3/c6-4-5-7-2-1-3-8-5/h5H,1-4H2. The highest BCUT2D eigenvalue weighted by Crippen LogP contribution is 2.02. The van der Waals surface area contributed by atoms with Crippen LogP contribution >= 0.6 is 0 Å². The van der Waals surface area contributed by atoms with E-state index in [2.05, 4.69) is 0 Å². The van der Waals surface area contributed by atoms with E-state index in [0.29, 0.717) is 13.2 Å². The molecule has 0 amide bonds. The van der Waals surface area contributed by atoms with Crippen molar-refractivity contribution >= 4 is 0 Å². The molecule has 3 nitrogen and oxygen atoms in total. The first-order chi connectivity index (χ1) is 3.93. The van der Waals surface area contributed by atoms with Gasteiger partial charge < -0.3 is 9.47 Å². The lowest BCUT2D eigenvalue weighted by molar-refractivity contribution is -0.202. The van der Waals surface area contributed by atoms with Gasteiger partial charge in [-0.1, -0.05) is 0 Å². The van der Waals surface area contributed by atoms with Crippen LogP contribution in [0, 0.1) is 0 Å². The minimum absolute atomic E-state index is 0.278. The van der Waals surface area contributed by atoms with Gasteiger partial charge in [-0.15, -0.1) is 0 Å². The molecule has 0 N–H and O–H groups in total. The summed E-state index contributed by atoms with van der Waals surface area (Å²) in [5.74, 6) is 0. The van der Waals surface area contributed by atoms with Gasteiger partial charge in [0.25, 0.3) is 0 Å². The lowest BCUT2D eigenvalue weighted by Gasteiger charge is -2.19. The third kappa shape index (κ3) is 1.43. The number of ether oxygens (including phenoxy) is 2. The molecule has 1 aliphatic heterocycles. The van der Waals surface area contributed by atoms with Crippen molar-refractivity contribution in [1.29, 1.82) is 0 Å². The molecule has 0 saturated carbocycles. The van der Waals surface area contributed by atoms with E-state index in [4.69, 9.17) is 9.47 Å². The lowest BCUT2D eigenvalue weighted by Crippen LogP contribution is -2.27. The maximum absolute atomic E-state index is 10.0. The monoisotopic (exact) mass is 117 g/mol. The summed E-state index contributed by atoms with van der Waals surface area (Å²) in [6.45, 7) is 1.07. The van der Waals surface area contributed by atoms with Gasteiger partial charge in [0.15, 0.2) is 6.29 Å². The predicted octanol–water partition coefficient (Wildman–Crippen LogP) is 0.180. The second-order valence-electron chi connectivity index (χ2n) is 1.69. The van der Waals surface area contributed by atoms with Crippen LogP contribution in [0.5, 0.6) is 0 Å². The molecule has 1 radical (unpaired) electrons. The molecule has 0 aromatic carbocycles. The van der Waals surface area contributed by atoms with Crippen LogP contribution in [0.4, 0.5) is 0 Å². The second-order valence-corrected chi connectivity index (χ2v) is 1.69. The molecule has 1 rings (SSSR count). The van der Waals surface area contributed by atoms with Gasteiger partial charge >= 0.3 is 0 Å². The van der Waals surface area contributed by atoms with E-state index in [9.17, 15) is 5.11 Å². The Hall–Kier alpha value is -0.120. The average molecular weight is 117 g/mol. The minimum Gasteiger partial charge on any atom is -0.350 e. The molecular weight excluding hydrogens is 108 g/mol. The Labute approximate surface area is 48.2 Å². The summed E-state index contributed by atoms with van der Waals surface area (Å²) in [6.07, 6.45) is 0.444. The molecule has 8 heavy (non-hydrogen) atoms. The summed E-state index contributed by atoms with van der Waals surface area (Å²) in [6, 6.07) is 0. The zero-order chi connectivity index (χ0) is 5.82. The Kier molecular flexibility index (Phi) is 2.27. The number of hydrogen-bond donors (Lipinski definition) is 0. The Morgan fingerprint density at radius 1 is 1.38 bits per heavy atom. The van der Waals surface area contributed by atoms with E-state index in [1.165, 1.54) is 0 Å². The zero-order valence-electron chi connectivity index (χ0n) is 4.63. The molecule has 3 heteroatoms. The van der Waals surface area contributed by atoms with E-state index in [1.54, 1.807) is 0 Å². The fraction of sp³-hybridized carbons (Fsp3) is 1.00. The van der Waals surface area contributed by atoms with Crippen molar-refractivity contribution in [3.05, 3.63) is 0 Å². The molecule has 1 aliphatic rings. The smallest absolute Gasteiger partial charge is 0.183 e. The molecule has 0 atom stereocenters. The van der Waals surface area contributed by atoms with Gasteiger partial charge in [0, 0.05) is 0 Å². The van der Waals surface area contributed by atoms with E-state index < -0.39 is 6.29 Å². The predicted molar refractivity (Wildman–Crippen MR) is 25.9 cm³/mol. The topological polar surface area (TPSA) is 38.4 Å². The fourth-order valence-electron chi connectivity index (χ4n) is 0.633. The summed E-state index contributed by atoms with van der Waals surface area (Å²) in [5.41, 5.74) is 0. The van der Waals surface area contributed by atoms with E-state index in [0.717, 1.165) is 6.42 Å². The van der Waals surface area contributed by atoms with Crippen molar-refractivity contribution in [3.8, 4) is 0 Å². The van der Waals surface area contributed by atoms with Crippen LogP contribution in [0.3, 0.4) is 0 Å². The maximum atomic E-state index is 10.0. The van der Waals surface area contributed by atoms with Crippen LogP contribution in [0.25, 0.3) is 0 Å². The Bertz CT molecular complexity index is 58.7. The lowest BCUT2D eigenvalue weighted by atomic mass is 10.4. The van der Waals surface area contributed by atoms with Crippen molar-refractivity contribution < 1.29 is 14.6 Å². The molecule has 0 aromatic rings. The Morgan fingerprint density at radius 3 is 2.38 bits per heavy atom. The zero-order valence-corrected chi connectivity index (χ0v) is 4.63. The third-order valence-corrected chi connectivity index (χ3v) is 1.03. The van der Waals surface area contributed by atoms with Gasteiger partial charge in [-0.05, 0) is 6.42 Å². The largest absolute Gasteiger partial charge is 0.350 e. The first-order valence-corrected chi connectivity index (χ1v) is 2.75. The molecule has 0 bridgehead atoms. The highest BCUT2D eigenvalue weighted by Gasteiger charge is 2.11. The molecule has 1 saturated heterocycles. The summed E-state index contributed by atoms with van der Waals surface area (Å²) < 4.78 is 9.78. The Balaban J connectivity index is 2.13. The molecule has 0 aliphatic carbocycles. The summed E-state index contributed by atoms with van der Waals surface area (Å²) in [5, 5.41) is 10.0. The van der Waals surface area contributed by atoms with Gasteiger partial charge in [-0.25, -0.2) is 5.11 Å². The summed E-state index contributed by atoms with van der Waals surface area (Å²) in [4.78, 5) is 0. The normalized spacial score (nSPS) is 23.6. The highest BCUT2D eigenvalue weighted by atomic mass is 16.7. The first kappa shape index (κ1) is 6.01. The third-order valence-electron chi connectivity index (χ3n) is 1.03. The SMILES string of the molecule is [O]CC1OCCCO1. The van der Waals surface area contributed by atoms with Crippen LogP contribution in [0.15, 0.2) is 0 Å². The van der Waals surface area contributed by atoms with Gasteiger partial charge in [0.1, 0.15) is 6.61 Å². The van der Waals surface area contributed by atoms with Crippen LogP contribution in [0.1, 0.15) is 6.42 Å². The molecule has 0 aromatic heterocycles. The summed E-state index contributed by atoms with van der Waals surface area (Å²) >= 11 is 0. The molecular formula is C5H9O3. The Morgan fingerprint density at radius 2 is 2.00 bits per heavy atom. The van der Waals surface area contributed by atoms with Crippen molar-refractivity contribution in [1.82, 2.24) is 0 Å². The van der Waals surface area contributed by atoms with Gasteiger partial charge in [-0.2, -0.15) is 0 Å². The molecule has 0 unspecified atom stereocenters. The van der Waals surface area contributed by atoms with E-state index >= 15 is 0 Å². The quantitative estimate of drug-likeness (QED) is 0.491. The fourth-order valence-corrected chi connectivity index (χ4v) is 0.633. The number of rotatable bonds is 1. The molecule has 47 valence electrons. The van der Waals surface area contributed by atoms with Gasteiger partial charge in [-0.3, -0.25) is 0 Å². The van der Waals surface area contributed by atoms with Crippen molar-refractivity contribution in [2.75, 3.05) is 19.8 Å². The van der Waals surface area contributed by atoms with Crippen LogP contribution in [0.2, 0.25) is 0 Å². The van der Waals surface area contributed by atoms with Gasteiger partial charge in [0.2, 0.25) is 0 Å². The van der Waals surface area contributed by atoms with Crippen molar-refractivity contribution in [3.63, 3.8) is 0 Å². The van der Waals surface area contributed by atoms with Crippen molar-refractivity contribution in [2.24, 2.45) is 0 Å². The van der Waals surface area contributed by atoms with Crippen LogP contribution < -0.4 is 0 Å². The second kappa shape index (κ2) is 3.02. The minimum atomic E-state index is -0.469. The number of hydrogen-bond acceptors (Lipinski definition) is 2. The molecule has 1 heterocycles. The van der Waals surface area contributed by atoms with E-state index in [-0.39, 0.29) is 6.61 Å². The highest BCUT2D eigenvalue weighted by molar-refractivity contribution is 4.47. The van der Waals surface area contributed by atoms with Crippen LogP contribution in [-0.4, -0.2) is 26.1 Å². The van der Waals surface area contributed by atoms with Crippen LogP contribution in [-0.2, 0) is 14.6 Å². The van der Waals surface area contributed by atoms with Gasteiger partial charge in [0.05, 0.1) is 13.2 Å². The average Bonchev–Trinajstić information content (AvgIpc) is 1.90. The maximum Gasteiger partial charge on any atom is 0.183 e. The van der Waals surface area contributed by atoms with E-state index in [1.807, 2.05) is 0 Å². The van der Waals surface area contributed by atoms with Crippen molar-refractivity contribution in [2.45, 2.75) is 12.7 Å². The summed E-state index contributed by atoms with van der Waals surface area (Å²) in [7, 11) is 0. The molecule has 0 spiro atoms. The first-order valence-electron chi connectivity index (χ1n) is 2.75.